The lowest BCUT2D eigenvalue weighted by molar-refractivity contribution is 0.592. The highest BCUT2D eigenvalue weighted by atomic mass is 19.1. The van der Waals surface area contributed by atoms with Crippen molar-refractivity contribution in [2.75, 3.05) is 0 Å². The smallest absolute Gasteiger partial charge is 0.136 e. The number of benzene rings is 2. The van der Waals surface area contributed by atoms with E-state index in [2.05, 4.69) is 4.98 Å². The van der Waals surface area contributed by atoms with Crippen molar-refractivity contribution in [1.29, 1.82) is 0 Å². The predicted molar refractivity (Wildman–Crippen MR) is 55.7 cm³/mol. The Hall–Kier alpha value is -1.90. The quantitative estimate of drug-likeness (QED) is 0.574. The van der Waals surface area contributed by atoms with Crippen molar-refractivity contribution in [3.8, 4) is 0 Å². The van der Waals surface area contributed by atoms with Gasteiger partial charge in [-0.25, -0.2) is 8.78 Å². The zero-order chi connectivity index (χ0) is 10.4. The van der Waals surface area contributed by atoms with Gasteiger partial charge in [0.15, 0.2) is 0 Å². The van der Waals surface area contributed by atoms with Crippen LogP contribution < -0.4 is 0 Å². The predicted octanol–water partition coefficient (Wildman–Crippen LogP) is 3.60. The van der Waals surface area contributed by atoms with Crippen molar-refractivity contribution in [2.24, 2.45) is 0 Å². The fourth-order valence-corrected chi connectivity index (χ4v) is 1.90. The lowest BCUT2D eigenvalue weighted by Gasteiger charge is -1.93. The van der Waals surface area contributed by atoms with Gasteiger partial charge in [0, 0.05) is 22.4 Å². The van der Waals surface area contributed by atoms with E-state index in [1.165, 1.54) is 6.07 Å². The van der Waals surface area contributed by atoms with Crippen molar-refractivity contribution in [3.63, 3.8) is 0 Å². The lowest BCUT2D eigenvalue weighted by Crippen LogP contribution is -1.80. The number of hydrogen-bond acceptors (Lipinski definition) is 0. The second-order valence-electron chi connectivity index (χ2n) is 3.48. The van der Waals surface area contributed by atoms with E-state index in [1.807, 2.05) is 24.3 Å². The van der Waals surface area contributed by atoms with Crippen LogP contribution in [0.4, 0.5) is 8.78 Å². The van der Waals surface area contributed by atoms with Gasteiger partial charge in [-0.15, -0.1) is 0 Å². The van der Waals surface area contributed by atoms with Crippen molar-refractivity contribution in [3.05, 3.63) is 48.0 Å². The summed E-state index contributed by atoms with van der Waals surface area (Å²) in [7, 11) is 0. The van der Waals surface area contributed by atoms with Crippen molar-refractivity contribution < 1.29 is 8.78 Å². The maximum Gasteiger partial charge on any atom is 0.136 e. The van der Waals surface area contributed by atoms with Gasteiger partial charge in [-0.3, -0.25) is 0 Å². The highest BCUT2D eigenvalue weighted by Crippen LogP contribution is 2.27. The van der Waals surface area contributed by atoms with E-state index in [0.29, 0.717) is 10.9 Å². The highest BCUT2D eigenvalue weighted by Gasteiger charge is 2.09. The third kappa shape index (κ3) is 1.13. The Labute approximate surface area is 84.3 Å². The van der Waals surface area contributed by atoms with Crippen LogP contribution in [0.3, 0.4) is 0 Å². The molecule has 0 saturated heterocycles. The number of hydrogen-bond donors (Lipinski definition) is 1. The first kappa shape index (κ1) is 8.41. The molecule has 0 aliphatic rings. The Morgan fingerprint density at radius 1 is 0.933 bits per heavy atom. The molecule has 3 rings (SSSR count). The Morgan fingerprint density at radius 2 is 1.73 bits per heavy atom. The van der Waals surface area contributed by atoms with E-state index >= 15 is 0 Å². The summed E-state index contributed by atoms with van der Waals surface area (Å²) in [5.41, 5.74) is 1.31. The molecule has 15 heavy (non-hydrogen) atoms. The van der Waals surface area contributed by atoms with Crippen LogP contribution in [0.15, 0.2) is 36.4 Å². The molecule has 1 aromatic heterocycles. The molecule has 1 N–H and O–H groups in total. The van der Waals surface area contributed by atoms with Crippen LogP contribution in [-0.4, -0.2) is 4.98 Å². The van der Waals surface area contributed by atoms with Gasteiger partial charge in [-0.1, -0.05) is 18.2 Å². The third-order valence-electron chi connectivity index (χ3n) is 2.52. The Morgan fingerprint density at radius 3 is 2.60 bits per heavy atom. The number of fused-ring (bicyclic) bond motifs is 3. The lowest BCUT2D eigenvalue weighted by atomic mass is 10.1. The second-order valence-corrected chi connectivity index (χ2v) is 3.48. The summed E-state index contributed by atoms with van der Waals surface area (Å²) in [6, 6.07) is 9.55. The number of nitrogens with one attached hydrogen (secondary N) is 1. The minimum atomic E-state index is -0.563. The molecule has 2 aromatic carbocycles. The van der Waals surface area contributed by atoms with Gasteiger partial charge in [0.05, 0.1) is 5.52 Å². The van der Waals surface area contributed by atoms with Crippen LogP contribution in [0.25, 0.3) is 21.8 Å². The van der Waals surface area contributed by atoms with Crippen LogP contribution in [0.5, 0.6) is 0 Å². The van der Waals surface area contributed by atoms with Crippen LogP contribution in [0.2, 0.25) is 0 Å². The molecule has 0 aliphatic carbocycles. The first-order chi connectivity index (χ1) is 7.25. The summed E-state index contributed by atoms with van der Waals surface area (Å²) in [5, 5.41) is 1.23. The fourth-order valence-electron chi connectivity index (χ4n) is 1.90. The van der Waals surface area contributed by atoms with Gasteiger partial charge < -0.3 is 4.98 Å². The fraction of sp³-hybridized carbons (Fsp3) is 0. The standard InChI is InChI=1S/C12H7F2N/c13-7-5-9(14)12-8-3-1-2-4-10(8)15-11(12)6-7/h1-6,15H. The molecular weight excluding hydrogens is 196 g/mol. The van der Waals surface area contributed by atoms with E-state index in [4.69, 9.17) is 0 Å². The molecule has 3 heteroatoms. The zero-order valence-electron chi connectivity index (χ0n) is 7.72. The number of rotatable bonds is 0. The van der Waals surface area contributed by atoms with Crippen molar-refractivity contribution in [1.82, 2.24) is 4.98 Å². The van der Waals surface area contributed by atoms with Crippen LogP contribution in [-0.2, 0) is 0 Å². The van der Waals surface area contributed by atoms with Crippen molar-refractivity contribution in [2.45, 2.75) is 0 Å². The number of aromatic nitrogens is 1. The van der Waals surface area contributed by atoms with E-state index in [1.54, 1.807) is 0 Å². The molecule has 0 bridgehead atoms. The van der Waals surface area contributed by atoms with E-state index in [-0.39, 0.29) is 0 Å². The molecule has 3 aromatic rings. The second kappa shape index (κ2) is 2.79. The molecule has 1 nitrogen and oxygen atoms in total. The summed E-state index contributed by atoms with van der Waals surface area (Å²) in [6.45, 7) is 0. The SMILES string of the molecule is Fc1cc(F)c2c(c1)[nH]c1ccccc12. The normalized spacial score (nSPS) is 11.3. The molecule has 0 aliphatic heterocycles. The minimum absolute atomic E-state index is 0.451. The monoisotopic (exact) mass is 203 g/mol. The Balaban J connectivity index is 2.61. The molecule has 0 fully saturated rings. The molecule has 0 saturated carbocycles. The average Bonchev–Trinajstić information content (AvgIpc) is 2.54. The zero-order valence-corrected chi connectivity index (χ0v) is 7.72. The number of aromatic amines is 1. The van der Waals surface area contributed by atoms with Gasteiger partial charge in [0.1, 0.15) is 11.6 Å². The summed E-state index contributed by atoms with van der Waals surface area (Å²) in [4.78, 5) is 2.98. The molecule has 0 spiro atoms. The Bertz CT molecular complexity index is 655. The number of halogens is 2. The molecule has 0 atom stereocenters. The molecule has 74 valence electrons. The van der Waals surface area contributed by atoms with Gasteiger partial charge in [0.2, 0.25) is 0 Å². The highest BCUT2D eigenvalue weighted by molar-refractivity contribution is 6.07. The van der Waals surface area contributed by atoms with Crippen LogP contribution in [0, 0.1) is 11.6 Å². The summed E-state index contributed by atoms with van der Waals surface area (Å²) < 4.78 is 26.5. The first-order valence-corrected chi connectivity index (χ1v) is 4.61. The van der Waals surface area contributed by atoms with Gasteiger partial charge in [0.25, 0.3) is 0 Å². The first-order valence-electron chi connectivity index (χ1n) is 4.61. The molecule has 0 radical (unpaired) electrons. The topological polar surface area (TPSA) is 15.8 Å². The largest absolute Gasteiger partial charge is 0.354 e. The summed E-state index contributed by atoms with van der Waals surface area (Å²) in [6.07, 6.45) is 0. The summed E-state index contributed by atoms with van der Waals surface area (Å²) >= 11 is 0. The van der Waals surface area contributed by atoms with Gasteiger partial charge in [-0.2, -0.15) is 0 Å². The van der Waals surface area contributed by atoms with Crippen LogP contribution in [0.1, 0.15) is 0 Å². The van der Waals surface area contributed by atoms with Gasteiger partial charge in [-0.05, 0) is 12.1 Å². The van der Waals surface area contributed by atoms with E-state index < -0.39 is 11.6 Å². The molecule has 0 unspecified atom stereocenters. The van der Waals surface area contributed by atoms with Crippen molar-refractivity contribution >= 4 is 21.8 Å². The summed E-state index contributed by atoms with van der Waals surface area (Å²) in [5.74, 6) is -1.09. The molecule has 0 amide bonds. The molecular formula is C12H7F2N. The van der Waals surface area contributed by atoms with Gasteiger partial charge >= 0.3 is 0 Å². The Kier molecular flexibility index (Phi) is 1.57. The van der Waals surface area contributed by atoms with E-state index in [9.17, 15) is 8.78 Å². The number of para-hydroxylation sites is 1. The third-order valence-corrected chi connectivity index (χ3v) is 2.52. The average molecular weight is 203 g/mol. The maximum absolute atomic E-state index is 13.6. The maximum atomic E-state index is 13.6. The van der Waals surface area contributed by atoms with Crippen LogP contribution >= 0.6 is 0 Å². The molecule has 1 heterocycles. The minimum Gasteiger partial charge on any atom is -0.354 e. The number of H-pyrrole nitrogens is 1. The van der Waals surface area contributed by atoms with E-state index in [0.717, 1.165) is 17.0 Å².